The molecule has 0 bridgehead atoms. The summed E-state index contributed by atoms with van der Waals surface area (Å²) in [7, 11) is 3.34. The van der Waals surface area contributed by atoms with Gasteiger partial charge in [-0.3, -0.25) is 4.79 Å². The van der Waals surface area contributed by atoms with Crippen LogP contribution in [0, 0.1) is 5.92 Å². The molecule has 0 saturated carbocycles. The van der Waals surface area contributed by atoms with E-state index < -0.39 is 0 Å². The first-order valence-corrected chi connectivity index (χ1v) is 12.5. The summed E-state index contributed by atoms with van der Waals surface area (Å²) in [5, 5.41) is 0. The van der Waals surface area contributed by atoms with Gasteiger partial charge in [0, 0.05) is 62.7 Å². The van der Waals surface area contributed by atoms with Crippen molar-refractivity contribution in [3.05, 3.63) is 60.9 Å². The van der Waals surface area contributed by atoms with E-state index in [1.165, 1.54) is 0 Å². The van der Waals surface area contributed by atoms with Crippen LogP contribution in [-0.2, 0) is 4.79 Å². The van der Waals surface area contributed by atoms with Crippen molar-refractivity contribution in [1.29, 1.82) is 0 Å². The third-order valence-electron chi connectivity index (χ3n) is 7.14. The average Bonchev–Trinajstić information content (AvgIpc) is 2.97. The third kappa shape index (κ3) is 5.22. The number of anilines is 2. The van der Waals surface area contributed by atoms with Crippen molar-refractivity contribution in [2.24, 2.45) is 5.92 Å². The SMILES string of the molecule is COc1ccc(-c2cc(N3CCCC(C(=O)N4CCN(c5cccc(OC)c5)CC4)C3)ncn2)cc1. The Morgan fingerprint density at radius 3 is 2.39 bits per heavy atom. The molecule has 3 heterocycles. The van der Waals surface area contributed by atoms with Gasteiger partial charge in [-0.15, -0.1) is 0 Å². The molecule has 8 heteroatoms. The number of hydrogen-bond acceptors (Lipinski definition) is 7. The van der Waals surface area contributed by atoms with Crippen molar-refractivity contribution < 1.29 is 14.3 Å². The van der Waals surface area contributed by atoms with Crippen molar-refractivity contribution in [3.63, 3.8) is 0 Å². The van der Waals surface area contributed by atoms with Gasteiger partial charge in [-0.05, 0) is 49.2 Å². The molecule has 0 aliphatic carbocycles. The van der Waals surface area contributed by atoms with Gasteiger partial charge in [0.15, 0.2) is 0 Å². The second kappa shape index (κ2) is 10.8. The van der Waals surface area contributed by atoms with Gasteiger partial charge in [0.05, 0.1) is 25.8 Å². The van der Waals surface area contributed by atoms with Crippen molar-refractivity contribution in [1.82, 2.24) is 14.9 Å². The van der Waals surface area contributed by atoms with Gasteiger partial charge in [0.2, 0.25) is 5.91 Å². The number of nitrogens with zero attached hydrogens (tertiary/aromatic N) is 5. The lowest BCUT2D eigenvalue weighted by atomic mass is 9.96. The van der Waals surface area contributed by atoms with Crippen molar-refractivity contribution >= 4 is 17.4 Å². The lowest BCUT2D eigenvalue weighted by Crippen LogP contribution is -2.52. The van der Waals surface area contributed by atoms with Gasteiger partial charge in [-0.25, -0.2) is 9.97 Å². The lowest BCUT2D eigenvalue weighted by molar-refractivity contribution is -0.136. The predicted octanol–water partition coefficient (Wildman–Crippen LogP) is 3.73. The van der Waals surface area contributed by atoms with Gasteiger partial charge < -0.3 is 24.2 Å². The number of ether oxygens (including phenoxy) is 2. The molecule has 1 unspecified atom stereocenters. The number of aromatic nitrogens is 2. The van der Waals surface area contributed by atoms with Gasteiger partial charge in [0.1, 0.15) is 23.6 Å². The molecule has 0 N–H and O–H groups in total. The predicted molar refractivity (Wildman–Crippen MR) is 141 cm³/mol. The van der Waals surface area contributed by atoms with Crippen LogP contribution in [0.1, 0.15) is 12.8 Å². The molecule has 2 saturated heterocycles. The van der Waals surface area contributed by atoms with Crippen LogP contribution in [-0.4, -0.2) is 74.3 Å². The van der Waals surface area contributed by atoms with E-state index in [0.717, 1.165) is 79.8 Å². The van der Waals surface area contributed by atoms with Crippen molar-refractivity contribution in [2.75, 3.05) is 63.3 Å². The molecule has 2 aliphatic rings. The van der Waals surface area contributed by atoms with Crippen LogP contribution in [0.3, 0.4) is 0 Å². The first-order chi connectivity index (χ1) is 17.6. The number of piperidine rings is 1. The summed E-state index contributed by atoms with van der Waals surface area (Å²) in [6.07, 6.45) is 3.50. The largest absolute Gasteiger partial charge is 0.497 e. The topological polar surface area (TPSA) is 71.0 Å². The number of carbonyl (C=O) groups is 1. The normalized spacial score (nSPS) is 18.2. The number of piperazine rings is 1. The Morgan fingerprint density at radius 1 is 0.861 bits per heavy atom. The fourth-order valence-electron chi connectivity index (χ4n) is 5.08. The maximum absolute atomic E-state index is 13.4. The van der Waals surface area contributed by atoms with E-state index in [1.807, 2.05) is 47.4 Å². The Balaban J connectivity index is 1.21. The molecule has 8 nitrogen and oxygen atoms in total. The van der Waals surface area contributed by atoms with Gasteiger partial charge in [-0.2, -0.15) is 0 Å². The van der Waals surface area contributed by atoms with Crippen LogP contribution in [0.5, 0.6) is 11.5 Å². The second-order valence-corrected chi connectivity index (χ2v) is 9.29. The van der Waals surface area contributed by atoms with Crippen LogP contribution >= 0.6 is 0 Å². The van der Waals surface area contributed by atoms with Gasteiger partial charge in [-0.1, -0.05) is 6.07 Å². The molecule has 188 valence electrons. The van der Waals surface area contributed by atoms with Gasteiger partial charge >= 0.3 is 0 Å². The van der Waals surface area contributed by atoms with E-state index in [4.69, 9.17) is 9.47 Å². The summed E-state index contributed by atoms with van der Waals surface area (Å²) in [5.74, 6) is 2.79. The molecule has 1 amide bonds. The molecule has 3 aromatic rings. The Hall–Kier alpha value is -3.81. The molecule has 1 aromatic heterocycles. The van der Waals surface area contributed by atoms with E-state index in [0.29, 0.717) is 6.54 Å². The summed E-state index contributed by atoms with van der Waals surface area (Å²) in [6, 6.07) is 18.0. The maximum Gasteiger partial charge on any atom is 0.227 e. The van der Waals surface area contributed by atoms with E-state index in [1.54, 1.807) is 20.5 Å². The highest BCUT2D eigenvalue weighted by molar-refractivity contribution is 5.80. The number of carbonyl (C=O) groups excluding carboxylic acids is 1. The smallest absolute Gasteiger partial charge is 0.227 e. The molecule has 1 atom stereocenters. The van der Waals surface area contributed by atoms with Crippen LogP contribution in [0.2, 0.25) is 0 Å². The fourth-order valence-corrected chi connectivity index (χ4v) is 5.08. The number of methoxy groups -OCH3 is 2. The minimum atomic E-state index is -0.0125. The monoisotopic (exact) mass is 487 g/mol. The van der Waals surface area contributed by atoms with E-state index >= 15 is 0 Å². The minimum Gasteiger partial charge on any atom is -0.497 e. The molecule has 2 aliphatic heterocycles. The Kier molecular flexibility index (Phi) is 7.21. The van der Waals surface area contributed by atoms with E-state index in [2.05, 4.69) is 31.9 Å². The molecule has 0 spiro atoms. The highest BCUT2D eigenvalue weighted by Crippen LogP contribution is 2.28. The second-order valence-electron chi connectivity index (χ2n) is 9.29. The van der Waals surface area contributed by atoms with E-state index in [9.17, 15) is 4.79 Å². The maximum atomic E-state index is 13.4. The Bertz CT molecular complexity index is 1180. The highest BCUT2D eigenvalue weighted by atomic mass is 16.5. The fraction of sp³-hybridized carbons (Fsp3) is 0.393. The number of rotatable bonds is 6. The first-order valence-electron chi connectivity index (χ1n) is 12.5. The zero-order valence-corrected chi connectivity index (χ0v) is 21.0. The highest BCUT2D eigenvalue weighted by Gasteiger charge is 2.31. The quantitative estimate of drug-likeness (QED) is 0.525. The molecule has 0 radical (unpaired) electrons. The standard InChI is InChI=1S/C28H33N5O3/c1-35-24-10-8-21(9-11-24)26-18-27(30-20-29-26)33-12-4-5-22(19-33)28(34)32-15-13-31(14-16-32)23-6-3-7-25(17-23)36-2/h3,6-11,17-18,20,22H,4-5,12-16,19H2,1-2H3. The minimum absolute atomic E-state index is 0.0125. The van der Waals surface area contributed by atoms with Crippen molar-refractivity contribution in [2.45, 2.75) is 12.8 Å². The average molecular weight is 488 g/mol. The molecular weight excluding hydrogens is 454 g/mol. The summed E-state index contributed by atoms with van der Waals surface area (Å²) < 4.78 is 10.6. The molecule has 5 rings (SSSR count). The molecule has 2 fully saturated rings. The lowest BCUT2D eigenvalue weighted by Gasteiger charge is -2.40. The number of amides is 1. The Labute approximate surface area is 212 Å². The Morgan fingerprint density at radius 2 is 1.64 bits per heavy atom. The molecule has 2 aromatic carbocycles. The van der Waals surface area contributed by atoms with E-state index in [-0.39, 0.29) is 11.8 Å². The third-order valence-corrected chi connectivity index (χ3v) is 7.14. The molecule has 36 heavy (non-hydrogen) atoms. The first kappa shape index (κ1) is 23.9. The zero-order chi connectivity index (χ0) is 24.9. The summed E-state index contributed by atoms with van der Waals surface area (Å²) in [5.41, 5.74) is 3.02. The summed E-state index contributed by atoms with van der Waals surface area (Å²) >= 11 is 0. The van der Waals surface area contributed by atoms with Crippen molar-refractivity contribution in [3.8, 4) is 22.8 Å². The molecular formula is C28H33N5O3. The summed E-state index contributed by atoms with van der Waals surface area (Å²) in [6.45, 7) is 4.71. The zero-order valence-electron chi connectivity index (χ0n) is 21.0. The van der Waals surface area contributed by atoms with Crippen LogP contribution in [0.25, 0.3) is 11.3 Å². The van der Waals surface area contributed by atoms with Crippen LogP contribution in [0.4, 0.5) is 11.5 Å². The van der Waals surface area contributed by atoms with Crippen LogP contribution in [0.15, 0.2) is 60.9 Å². The summed E-state index contributed by atoms with van der Waals surface area (Å²) in [4.78, 5) is 29.0. The number of hydrogen-bond donors (Lipinski definition) is 0. The number of benzene rings is 2. The van der Waals surface area contributed by atoms with Gasteiger partial charge in [0.25, 0.3) is 0 Å². The van der Waals surface area contributed by atoms with Crippen LogP contribution < -0.4 is 19.3 Å².